The number of rotatable bonds is 5. The Balaban J connectivity index is 2.01. The number of carbonyl (C=O) groups excluding carboxylic acids is 1. The monoisotopic (exact) mass is 286 g/mol. The Morgan fingerprint density at radius 3 is 2.48 bits per heavy atom. The van der Waals surface area contributed by atoms with Crippen LogP contribution in [-0.4, -0.2) is 27.1 Å². The average molecular weight is 286 g/mol. The molecule has 108 valence electrons. The smallest absolute Gasteiger partial charge is 0.326 e. The molecule has 2 rings (SSSR count). The molecular weight excluding hydrogens is 272 g/mol. The maximum Gasteiger partial charge on any atom is 0.326 e. The quantitative estimate of drug-likeness (QED) is 0.781. The molecule has 0 spiro atoms. The molecule has 0 bridgehead atoms. The van der Waals surface area contributed by atoms with Crippen LogP contribution in [0.15, 0.2) is 42.7 Å². The molecule has 0 radical (unpaired) electrons. The fourth-order valence-electron chi connectivity index (χ4n) is 1.72. The summed E-state index contributed by atoms with van der Waals surface area (Å²) < 4.78 is 0. The van der Waals surface area contributed by atoms with Gasteiger partial charge in [0.05, 0.1) is 0 Å². The van der Waals surface area contributed by atoms with Crippen LogP contribution in [0.5, 0.6) is 0 Å². The molecule has 1 heterocycles. The zero-order valence-electron chi connectivity index (χ0n) is 11.1. The molecule has 0 aliphatic carbocycles. The molecule has 2 amide bonds. The first-order valence-electron chi connectivity index (χ1n) is 6.30. The van der Waals surface area contributed by atoms with Crippen molar-refractivity contribution in [2.75, 3.05) is 10.6 Å². The van der Waals surface area contributed by atoms with E-state index in [0.29, 0.717) is 12.1 Å². The predicted octanol–water partition coefficient (Wildman–Crippen LogP) is 2.14. The van der Waals surface area contributed by atoms with Crippen molar-refractivity contribution in [3.8, 4) is 0 Å². The maximum atomic E-state index is 11.9. The third-order valence-electron chi connectivity index (χ3n) is 2.66. The lowest BCUT2D eigenvalue weighted by Gasteiger charge is -2.10. The number of carbonyl (C=O) groups is 2. The van der Waals surface area contributed by atoms with E-state index in [9.17, 15) is 9.59 Å². The van der Waals surface area contributed by atoms with E-state index in [1.165, 1.54) is 12.4 Å². The van der Waals surface area contributed by atoms with E-state index in [-0.39, 0.29) is 12.4 Å². The molecule has 7 heteroatoms. The summed E-state index contributed by atoms with van der Waals surface area (Å²) in [5, 5.41) is 13.9. The maximum absolute atomic E-state index is 11.9. The summed E-state index contributed by atoms with van der Waals surface area (Å²) in [5.74, 6) is -0.690. The minimum atomic E-state index is -0.882. The number of hydrogen-bond acceptors (Lipinski definition) is 4. The molecule has 2 aromatic rings. The summed E-state index contributed by atoms with van der Waals surface area (Å²) >= 11 is 0. The number of aryl methyl sites for hydroxylation is 1. The van der Waals surface area contributed by atoms with Gasteiger partial charge in [0.2, 0.25) is 5.95 Å². The lowest BCUT2D eigenvalue weighted by atomic mass is 10.1. The summed E-state index contributed by atoms with van der Waals surface area (Å²) in [4.78, 5) is 30.2. The first kappa shape index (κ1) is 14.4. The molecule has 7 nitrogen and oxygen atoms in total. The Hall–Kier alpha value is -2.96. The van der Waals surface area contributed by atoms with E-state index >= 15 is 0 Å². The van der Waals surface area contributed by atoms with Gasteiger partial charge in [-0.15, -0.1) is 0 Å². The van der Waals surface area contributed by atoms with Crippen molar-refractivity contribution in [2.45, 2.75) is 12.8 Å². The second-order valence-electron chi connectivity index (χ2n) is 4.20. The Kier molecular flexibility index (Phi) is 4.81. The molecule has 0 unspecified atom stereocenters. The van der Waals surface area contributed by atoms with Crippen molar-refractivity contribution in [2.24, 2.45) is 0 Å². The summed E-state index contributed by atoms with van der Waals surface area (Å²) in [7, 11) is 0. The molecule has 0 aliphatic heterocycles. The van der Waals surface area contributed by atoms with Crippen molar-refractivity contribution in [3.63, 3.8) is 0 Å². The zero-order chi connectivity index (χ0) is 15.1. The molecule has 0 saturated carbocycles. The van der Waals surface area contributed by atoms with Crippen LogP contribution >= 0.6 is 0 Å². The van der Waals surface area contributed by atoms with E-state index in [2.05, 4.69) is 20.6 Å². The van der Waals surface area contributed by atoms with Gasteiger partial charge in [-0.05, 0) is 24.1 Å². The highest BCUT2D eigenvalue weighted by molar-refractivity contribution is 5.99. The van der Waals surface area contributed by atoms with Gasteiger partial charge in [-0.25, -0.2) is 14.8 Å². The SMILES string of the molecule is O=C(O)CCc1ccccc1NC(=O)Nc1ncccn1. The zero-order valence-corrected chi connectivity index (χ0v) is 11.1. The lowest BCUT2D eigenvalue weighted by Crippen LogP contribution is -2.21. The molecule has 0 fully saturated rings. The summed E-state index contributed by atoms with van der Waals surface area (Å²) in [5.41, 5.74) is 1.32. The fourth-order valence-corrected chi connectivity index (χ4v) is 1.72. The Labute approximate surface area is 121 Å². The van der Waals surface area contributed by atoms with Crippen LogP contribution < -0.4 is 10.6 Å². The average Bonchev–Trinajstić information content (AvgIpc) is 2.47. The van der Waals surface area contributed by atoms with E-state index in [1.54, 1.807) is 30.3 Å². The van der Waals surface area contributed by atoms with Crippen molar-refractivity contribution in [1.82, 2.24) is 9.97 Å². The van der Waals surface area contributed by atoms with Crippen LogP contribution in [0.3, 0.4) is 0 Å². The van der Waals surface area contributed by atoms with Crippen LogP contribution in [0.25, 0.3) is 0 Å². The molecular formula is C14H14N4O3. The highest BCUT2D eigenvalue weighted by Crippen LogP contribution is 2.17. The van der Waals surface area contributed by atoms with E-state index < -0.39 is 12.0 Å². The van der Waals surface area contributed by atoms with Gasteiger partial charge in [0.1, 0.15) is 0 Å². The Morgan fingerprint density at radius 1 is 1.05 bits per heavy atom. The highest BCUT2D eigenvalue weighted by Gasteiger charge is 2.08. The first-order chi connectivity index (χ1) is 10.1. The van der Waals surface area contributed by atoms with Crippen molar-refractivity contribution < 1.29 is 14.7 Å². The predicted molar refractivity (Wildman–Crippen MR) is 77.1 cm³/mol. The highest BCUT2D eigenvalue weighted by atomic mass is 16.4. The van der Waals surface area contributed by atoms with Crippen LogP contribution in [0, 0.1) is 0 Å². The van der Waals surface area contributed by atoms with Gasteiger partial charge < -0.3 is 10.4 Å². The van der Waals surface area contributed by atoms with Gasteiger partial charge in [-0.3, -0.25) is 10.1 Å². The minimum Gasteiger partial charge on any atom is -0.481 e. The lowest BCUT2D eigenvalue weighted by molar-refractivity contribution is -0.136. The van der Waals surface area contributed by atoms with Crippen molar-refractivity contribution in [1.29, 1.82) is 0 Å². The number of nitrogens with zero attached hydrogens (tertiary/aromatic N) is 2. The third-order valence-corrected chi connectivity index (χ3v) is 2.66. The van der Waals surface area contributed by atoms with E-state index in [1.807, 2.05) is 0 Å². The molecule has 21 heavy (non-hydrogen) atoms. The minimum absolute atomic E-state index is 0.00209. The number of carboxylic acid groups (broad SMARTS) is 1. The number of para-hydroxylation sites is 1. The number of anilines is 2. The summed E-state index contributed by atoms with van der Waals surface area (Å²) in [6.45, 7) is 0. The number of hydrogen-bond donors (Lipinski definition) is 3. The molecule has 0 aliphatic rings. The largest absolute Gasteiger partial charge is 0.481 e. The first-order valence-corrected chi connectivity index (χ1v) is 6.30. The third kappa shape index (κ3) is 4.57. The topological polar surface area (TPSA) is 104 Å². The standard InChI is InChI=1S/C14H14N4O3/c19-12(20)7-6-10-4-1-2-5-11(10)17-14(21)18-13-15-8-3-9-16-13/h1-5,8-9H,6-7H2,(H,19,20)(H2,15,16,17,18,21). The van der Waals surface area contributed by atoms with Gasteiger partial charge in [0, 0.05) is 24.5 Å². The number of urea groups is 1. The van der Waals surface area contributed by atoms with Crippen molar-refractivity contribution >= 4 is 23.6 Å². The second-order valence-corrected chi connectivity index (χ2v) is 4.20. The van der Waals surface area contributed by atoms with Crippen LogP contribution in [-0.2, 0) is 11.2 Å². The fraction of sp³-hybridized carbons (Fsp3) is 0.143. The van der Waals surface area contributed by atoms with E-state index in [0.717, 1.165) is 5.56 Å². The summed E-state index contributed by atoms with van der Waals surface area (Å²) in [6, 6.07) is 8.20. The molecule has 0 saturated heterocycles. The molecule has 1 aromatic carbocycles. The van der Waals surface area contributed by atoms with Gasteiger partial charge >= 0.3 is 12.0 Å². The number of carboxylic acids is 1. The molecule has 3 N–H and O–H groups in total. The number of benzene rings is 1. The second kappa shape index (κ2) is 6.99. The van der Waals surface area contributed by atoms with E-state index in [4.69, 9.17) is 5.11 Å². The molecule has 1 aromatic heterocycles. The Morgan fingerprint density at radius 2 is 1.76 bits per heavy atom. The van der Waals surface area contributed by atoms with Crippen LogP contribution in [0.1, 0.15) is 12.0 Å². The number of aliphatic carboxylic acids is 1. The molecule has 0 atom stereocenters. The number of amides is 2. The number of aromatic nitrogens is 2. The summed E-state index contributed by atoms with van der Waals surface area (Å²) in [6.07, 6.45) is 3.38. The normalized spacial score (nSPS) is 9.90. The van der Waals surface area contributed by atoms with Gasteiger partial charge in [-0.1, -0.05) is 18.2 Å². The van der Waals surface area contributed by atoms with Crippen LogP contribution in [0.4, 0.5) is 16.4 Å². The van der Waals surface area contributed by atoms with Crippen LogP contribution in [0.2, 0.25) is 0 Å². The van der Waals surface area contributed by atoms with Gasteiger partial charge in [0.25, 0.3) is 0 Å². The van der Waals surface area contributed by atoms with Gasteiger partial charge in [-0.2, -0.15) is 0 Å². The van der Waals surface area contributed by atoms with Crippen molar-refractivity contribution in [3.05, 3.63) is 48.3 Å². The van der Waals surface area contributed by atoms with Gasteiger partial charge in [0.15, 0.2) is 0 Å². The number of nitrogens with one attached hydrogen (secondary N) is 2. The Bertz CT molecular complexity index is 631.